The summed E-state index contributed by atoms with van der Waals surface area (Å²) in [4.78, 5) is 27.8. The number of benzene rings is 1. The third-order valence-corrected chi connectivity index (χ3v) is 7.00. The summed E-state index contributed by atoms with van der Waals surface area (Å²) in [6.07, 6.45) is 5.66. The van der Waals surface area contributed by atoms with Crippen LogP contribution in [-0.4, -0.2) is 52.1 Å². The molecule has 162 valence electrons. The Labute approximate surface area is 189 Å². The Bertz CT molecular complexity index is 1100. The van der Waals surface area contributed by atoms with E-state index in [4.69, 9.17) is 15.5 Å². The van der Waals surface area contributed by atoms with Crippen LogP contribution in [0.2, 0.25) is 0 Å². The van der Waals surface area contributed by atoms with E-state index in [0.717, 1.165) is 60.4 Å². The van der Waals surface area contributed by atoms with Gasteiger partial charge in [0, 0.05) is 48.6 Å². The molecule has 3 aromatic rings. The number of carbonyl (C=O) groups excluding carboxylic acids is 1. The summed E-state index contributed by atoms with van der Waals surface area (Å²) >= 11 is 3.40. The minimum atomic E-state index is 0.00454. The van der Waals surface area contributed by atoms with Crippen molar-refractivity contribution in [3.05, 3.63) is 51.9 Å². The fraction of sp³-hybridized carbons (Fsp3) is 0.435. The monoisotopic (exact) mass is 483 g/mol. The number of nitrogens with zero attached hydrogens (tertiary/aromatic N) is 3. The Balaban J connectivity index is 1.32. The molecule has 0 atom stereocenters. The van der Waals surface area contributed by atoms with Crippen molar-refractivity contribution in [1.82, 2.24) is 19.9 Å². The molecule has 0 aliphatic carbocycles. The number of aromatic amines is 1. The minimum Gasteiger partial charge on any atom is -0.398 e. The number of nitrogen functional groups attached to an aromatic ring is 1. The number of fused-ring (bicyclic) bond motifs is 1. The molecule has 0 radical (unpaired) electrons. The number of nitrogens with two attached hydrogens (primary N) is 1. The average molecular weight is 484 g/mol. The maximum Gasteiger partial charge on any atom is 0.255 e. The van der Waals surface area contributed by atoms with Crippen LogP contribution in [0.15, 0.2) is 34.9 Å². The number of hydrogen-bond donors (Lipinski definition) is 2. The van der Waals surface area contributed by atoms with Gasteiger partial charge in [0.1, 0.15) is 11.3 Å². The second-order valence-electron chi connectivity index (χ2n) is 8.40. The number of likely N-dealkylation sites (tertiary alicyclic amines) is 1. The van der Waals surface area contributed by atoms with Crippen LogP contribution in [0.1, 0.15) is 59.3 Å². The molecule has 31 heavy (non-hydrogen) atoms. The van der Waals surface area contributed by atoms with Crippen molar-refractivity contribution in [2.75, 3.05) is 32.0 Å². The molecule has 2 aromatic heterocycles. The van der Waals surface area contributed by atoms with Crippen LogP contribution in [0.25, 0.3) is 11.2 Å². The maximum atomic E-state index is 13.0. The number of piperidine rings is 1. The number of amides is 1. The molecule has 1 amide bonds. The molecule has 3 N–H and O–H groups in total. The Kier molecular flexibility index (Phi) is 5.67. The first-order valence-corrected chi connectivity index (χ1v) is 11.7. The normalized spacial score (nSPS) is 18.5. The topological polar surface area (TPSA) is 97.1 Å². The number of nitrogens with one attached hydrogen (secondary N) is 1. The van der Waals surface area contributed by atoms with Gasteiger partial charge in [0.2, 0.25) is 0 Å². The van der Waals surface area contributed by atoms with Gasteiger partial charge in [0.15, 0.2) is 5.65 Å². The Morgan fingerprint density at radius 3 is 2.65 bits per heavy atom. The second-order valence-corrected chi connectivity index (χ2v) is 9.32. The first-order valence-electron chi connectivity index (χ1n) is 10.9. The highest BCUT2D eigenvalue weighted by molar-refractivity contribution is 9.10. The average Bonchev–Trinajstić information content (AvgIpc) is 3.24. The third kappa shape index (κ3) is 4.06. The summed E-state index contributed by atoms with van der Waals surface area (Å²) in [7, 11) is 0. The summed E-state index contributed by atoms with van der Waals surface area (Å²) < 4.78 is 6.36. The Morgan fingerprint density at radius 1 is 1.13 bits per heavy atom. The Hall–Kier alpha value is -2.45. The molecule has 8 heteroatoms. The quantitative estimate of drug-likeness (QED) is 0.543. The van der Waals surface area contributed by atoms with Crippen LogP contribution >= 0.6 is 15.9 Å². The summed E-state index contributed by atoms with van der Waals surface area (Å²) in [5.41, 5.74) is 10.2. The van der Waals surface area contributed by atoms with Crippen LogP contribution < -0.4 is 5.73 Å². The zero-order valence-electron chi connectivity index (χ0n) is 17.3. The van der Waals surface area contributed by atoms with Gasteiger partial charge in [-0.1, -0.05) is 15.9 Å². The van der Waals surface area contributed by atoms with Crippen molar-refractivity contribution in [1.29, 1.82) is 0 Å². The number of pyridine rings is 1. The number of hydrogen-bond acceptors (Lipinski definition) is 5. The van der Waals surface area contributed by atoms with Crippen molar-refractivity contribution >= 4 is 38.7 Å². The molecule has 2 saturated heterocycles. The molecule has 5 rings (SSSR count). The lowest BCUT2D eigenvalue weighted by molar-refractivity contribution is 0.0714. The SMILES string of the molecule is Nc1cc(Br)ccc1C(=O)N1CCC(c2ccnc3[nH]c(C4CCOCC4)nc23)CC1. The first kappa shape index (κ1) is 20.5. The number of ether oxygens (including phenoxy) is 1. The number of imidazole rings is 1. The van der Waals surface area contributed by atoms with E-state index in [-0.39, 0.29) is 5.91 Å². The number of H-pyrrole nitrogens is 1. The fourth-order valence-electron chi connectivity index (χ4n) is 4.73. The molecular weight excluding hydrogens is 458 g/mol. The van der Waals surface area contributed by atoms with Gasteiger partial charge in [0.25, 0.3) is 5.91 Å². The zero-order chi connectivity index (χ0) is 21.4. The summed E-state index contributed by atoms with van der Waals surface area (Å²) in [5.74, 6) is 1.80. The van der Waals surface area contributed by atoms with Gasteiger partial charge >= 0.3 is 0 Å². The van der Waals surface area contributed by atoms with E-state index >= 15 is 0 Å². The van der Waals surface area contributed by atoms with Crippen LogP contribution in [0, 0.1) is 0 Å². The van der Waals surface area contributed by atoms with Crippen molar-refractivity contribution in [2.45, 2.75) is 37.5 Å². The molecule has 0 unspecified atom stereocenters. The lowest BCUT2D eigenvalue weighted by Gasteiger charge is -2.32. The van der Waals surface area contributed by atoms with E-state index in [0.29, 0.717) is 36.2 Å². The van der Waals surface area contributed by atoms with Gasteiger partial charge in [-0.25, -0.2) is 9.97 Å². The number of aromatic nitrogens is 3. The van der Waals surface area contributed by atoms with Crippen LogP contribution in [0.3, 0.4) is 0 Å². The molecular formula is C23H26BrN5O2. The molecule has 4 heterocycles. The highest BCUT2D eigenvalue weighted by Crippen LogP contribution is 2.34. The third-order valence-electron chi connectivity index (χ3n) is 6.51. The van der Waals surface area contributed by atoms with Crippen molar-refractivity contribution in [3.8, 4) is 0 Å². The lowest BCUT2D eigenvalue weighted by atomic mass is 9.89. The van der Waals surface area contributed by atoms with Gasteiger partial charge in [-0.15, -0.1) is 0 Å². The molecule has 7 nitrogen and oxygen atoms in total. The second kappa shape index (κ2) is 8.59. The zero-order valence-corrected chi connectivity index (χ0v) is 18.9. The van der Waals surface area contributed by atoms with E-state index in [1.807, 2.05) is 17.2 Å². The van der Waals surface area contributed by atoms with Crippen LogP contribution in [0.5, 0.6) is 0 Å². The molecule has 2 fully saturated rings. The van der Waals surface area contributed by atoms with Crippen LogP contribution in [0.4, 0.5) is 5.69 Å². The number of halogens is 1. The smallest absolute Gasteiger partial charge is 0.255 e. The summed E-state index contributed by atoms with van der Waals surface area (Å²) in [6, 6.07) is 7.52. The van der Waals surface area contributed by atoms with Crippen molar-refractivity contribution in [3.63, 3.8) is 0 Å². The van der Waals surface area contributed by atoms with Crippen molar-refractivity contribution < 1.29 is 9.53 Å². The highest BCUT2D eigenvalue weighted by Gasteiger charge is 2.28. The van der Waals surface area contributed by atoms with E-state index in [2.05, 4.69) is 32.0 Å². The van der Waals surface area contributed by atoms with Gasteiger partial charge in [-0.3, -0.25) is 4.79 Å². The van der Waals surface area contributed by atoms with Crippen LogP contribution in [-0.2, 0) is 4.74 Å². The largest absolute Gasteiger partial charge is 0.398 e. The summed E-state index contributed by atoms with van der Waals surface area (Å²) in [6.45, 7) is 2.99. The molecule has 2 aliphatic heterocycles. The number of anilines is 1. The predicted octanol–water partition coefficient (Wildman–Crippen LogP) is 4.22. The number of carbonyl (C=O) groups is 1. The molecule has 0 spiro atoms. The molecule has 2 aliphatic rings. The van der Waals surface area contributed by atoms with E-state index in [9.17, 15) is 4.79 Å². The number of rotatable bonds is 3. The highest BCUT2D eigenvalue weighted by atomic mass is 79.9. The van der Waals surface area contributed by atoms with E-state index < -0.39 is 0 Å². The summed E-state index contributed by atoms with van der Waals surface area (Å²) in [5, 5.41) is 0. The Morgan fingerprint density at radius 2 is 1.90 bits per heavy atom. The lowest BCUT2D eigenvalue weighted by Crippen LogP contribution is -2.38. The van der Waals surface area contributed by atoms with Gasteiger partial charge in [-0.2, -0.15) is 0 Å². The minimum absolute atomic E-state index is 0.00454. The van der Waals surface area contributed by atoms with E-state index in [1.54, 1.807) is 12.1 Å². The molecule has 1 aromatic carbocycles. The maximum absolute atomic E-state index is 13.0. The molecule has 0 saturated carbocycles. The van der Waals surface area contributed by atoms with Gasteiger partial charge in [0.05, 0.1) is 5.56 Å². The first-order chi connectivity index (χ1) is 15.1. The standard InChI is InChI=1S/C23H26BrN5O2/c24-16-1-2-18(19(25)13-16)23(30)29-9-4-14(5-10-29)17-3-8-26-22-20(17)27-21(28-22)15-6-11-31-12-7-15/h1-3,8,13-15H,4-7,9-12,25H2,(H,26,27,28). The van der Waals surface area contributed by atoms with E-state index in [1.165, 1.54) is 5.56 Å². The van der Waals surface area contributed by atoms with Gasteiger partial charge < -0.3 is 20.4 Å². The molecule has 0 bridgehead atoms. The van der Waals surface area contributed by atoms with Crippen molar-refractivity contribution in [2.24, 2.45) is 0 Å². The predicted molar refractivity (Wildman–Crippen MR) is 123 cm³/mol. The van der Waals surface area contributed by atoms with Gasteiger partial charge in [-0.05, 0) is 61.4 Å². The fourth-order valence-corrected chi connectivity index (χ4v) is 5.11.